The summed E-state index contributed by atoms with van der Waals surface area (Å²) < 4.78 is 5.34. The van der Waals surface area contributed by atoms with Gasteiger partial charge in [0.2, 0.25) is 0 Å². The molecule has 0 radical (unpaired) electrons. The first kappa shape index (κ1) is 11.1. The lowest BCUT2D eigenvalue weighted by molar-refractivity contribution is -0.136. The van der Waals surface area contributed by atoms with Gasteiger partial charge in [0.05, 0.1) is 0 Å². The fourth-order valence-corrected chi connectivity index (χ4v) is 1.90. The molecule has 0 saturated carbocycles. The highest BCUT2D eigenvalue weighted by atomic mass is 16.5. The van der Waals surface area contributed by atoms with Crippen LogP contribution in [0.5, 0.6) is 5.75 Å². The van der Waals surface area contributed by atoms with Gasteiger partial charge >= 0.3 is 5.97 Å². The second kappa shape index (κ2) is 5.12. The molecule has 86 valence electrons. The summed E-state index contributed by atoms with van der Waals surface area (Å²) in [7, 11) is 0. The maximum absolute atomic E-state index is 11.7. The summed E-state index contributed by atoms with van der Waals surface area (Å²) >= 11 is 0. The number of carbonyl (C=O) groups excluding carboxylic acids is 1. The van der Waals surface area contributed by atoms with Gasteiger partial charge in [-0.05, 0) is 43.5 Å². The van der Waals surface area contributed by atoms with Crippen LogP contribution < -0.4 is 10.1 Å². The van der Waals surface area contributed by atoms with Crippen LogP contribution in [0.25, 0.3) is 0 Å². The summed E-state index contributed by atoms with van der Waals surface area (Å²) in [6.07, 6.45) is 2.88. The fourth-order valence-electron chi connectivity index (χ4n) is 1.90. The van der Waals surface area contributed by atoms with Crippen molar-refractivity contribution in [2.75, 3.05) is 6.54 Å². The third kappa shape index (κ3) is 2.61. The van der Waals surface area contributed by atoms with E-state index >= 15 is 0 Å². The quantitative estimate of drug-likeness (QED) is 0.623. The minimum Gasteiger partial charge on any atom is -0.425 e. The molecule has 1 aliphatic rings. The van der Waals surface area contributed by atoms with Crippen LogP contribution in [0.3, 0.4) is 0 Å². The molecular weight excluding hydrogens is 202 g/mol. The van der Waals surface area contributed by atoms with Crippen molar-refractivity contribution in [3.05, 3.63) is 29.8 Å². The molecule has 1 atom stereocenters. The van der Waals surface area contributed by atoms with Crippen molar-refractivity contribution in [2.24, 2.45) is 0 Å². The minimum absolute atomic E-state index is 0.120. The highest BCUT2D eigenvalue weighted by Gasteiger charge is 2.23. The molecule has 16 heavy (non-hydrogen) atoms. The first-order valence-electron chi connectivity index (χ1n) is 5.83. The predicted octanol–water partition coefficient (Wildman–Crippen LogP) is 1.91. The molecule has 0 bridgehead atoms. The lowest BCUT2D eigenvalue weighted by Crippen LogP contribution is -2.34. The van der Waals surface area contributed by atoms with Gasteiger partial charge in [-0.2, -0.15) is 0 Å². The Bertz CT molecular complexity index is 370. The molecule has 0 aromatic heterocycles. The molecule has 0 aliphatic carbocycles. The fraction of sp³-hybridized carbons (Fsp3) is 0.462. The number of carbonyl (C=O) groups is 1. The molecule has 1 N–H and O–H groups in total. The molecule has 1 aliphatic heterocycles. The van der Waals surface area contributed by atoms with Gasteiger partial charge in [-0.25, -0.2) is 4.79 Å². The van der Waals surface area contributed by atoms with Gasteiger partial charge < -0.3 is 10.1 Å². The number of aryl methyl sites for hydroxylation is 1. The number of hydrogen-bond acceptors (Lipinski definition) is 3. The van der Waals surface area contributed by atoms with Gasteiger partial charge in [0, 0.05) is 0 Å². The molecule has 0 amide bonds. The molecular formula is C13H17NO2. The molecule has 1 unspecified atom stereocenters. The van der Waals surface area contributed by atoms with Gasteiger partial charge in [0.1, 0.15) is 11.8 Å². The lowest BCUT2D eigenvalue weighted by Gasteiger charge is -2.10. The third-order valence-corrected chi connectivity index (χ3v) is 2.87. The Morgan fingerprint density at radius 3 is 3.12 bits per heavy atom. The highest BCUT2D eigenvalue weighted by Crippen LogP contribution is 2.16. The van der Waals surface area contributed by atoms with Crippen molar-refractivity contribution in [2.45, 2.75) is 32.2 Å². The van der Waals surface area contributed by atoms with Gasteiger partial charge in [0.15, 0.2) is 0 Å². The first-order valence-corrected chi connectivity index (χ1v) is 5.83. The van der Waals surface area contributed by atoms with Crippen LogP contribution in [0.15, 0.2) is 24.3 Å². The zero-order valence-electron chi connectivity index (χ0n) is 9.53. The van der Waals surface area contributed by atoms with Gasteiger partial charge in [-0.1, -0.05) is 19.1 Å². The van der Waals surface area contributed by atoms with Crippen molar-refractivity contribution in [3.8, 4) is 5.75 Å². The van der Waals surface area contributed by atoms with Crippen LogP contribution >= 0.6 is 0 Å². The maximum atomic E-state index is 11.7. The monoisotopic (exact) mass is 219 g/mol. The lowest BCUT2D eigenvalue weighted by atomic mass is 10.1. The number of benzene rings is 1. The third-order valence-electron chi connectivity index (χ3n) is 2.87. The van der Waals surface area contributed by atoms with Crippen molar-refractivity contribution in [1.82, 2.24) is 5.32 Å². The molecule has 1 saturated heterocycles. The van der Waals surface area contributed by atoms with E-state index in [1.54, 1.807) is 0 Å². The Labute approximate surface area is 95.8 Å². The summed E-state index contributed by atoms with van der Waals surface area (Å²) in [6, 6.07) is 7.58. The molecule has 0 spiro atoms. The Balaban J connectivity index is 1.99. The highest BCUT2D eigenvalue weighted by molar-refractivity contribution is 5.78. The van der Waals surface area contributed by atoms with E-state index in [1.165, 1.54) is 5.56 Å². The van der Waals surface area contributed by atoms with Crippen molar-refractivity contribution in [3.63, 3.8) is 0 Å². The zero-order valence-corrected chi connectivity index (χ0v) is 9.53. The number of hydrogen-bond donors (Lipinski definition) is 1. The van der Waals surface area contributed by atoms with Crippen LogP contribution in [0.1, 0.15) is 25.3 Å². The second-order valence-corrected chi connectivity index (χ2v) is 4.07. The summed E-state index contributed by atoms with van der Waals surface area (Å²) in [5.41, 5.74) is 1.18. The summed E-state index contributed by atoms with van der Waals surface area (Å²) in [6.45, 7) is 2.99. The van der Waals surface area contributed by atoms with E-state index in [0.717, 1.165) is 25.8 Å². The van der Waals surface area contributed by atoms with Gasteiger partial charge in [0.25, 0.3) is 0 Å². The molecule has 3 heteroatoms. The largest absolute Gasteiger partial charge is 0.425 e. The van der Waals surface area contributed by atoms with Crippen molar-refractivity contribution < 1.29 is 9.53 Å². The zero-order chi connectivity index (χ0) is 11.4. The van der Waals surface area contributed by atoms with E-state index < -0.39 is 0 Å². The van der Waals surface area contributed by atoms with E-state index in [9.17, 15) is 4.79 Å². The van der Waals surface area contributed by atoms with Crippen LogP contribution in [-0.4, -0.2) is 18.6 Å². The van der Waals surface area contributed by atoms with E-state index in [1.807, 2.05) is 24.3 Å². The molecule has 1 aromatic rings. The molecule has 2 rings (SSSR count). The van der Waals surface area contributed by atoms with Gasteiger partial charge in [-0.3, -0.25) is 0 Å². The van der Waals surface area contributed by atoms with E-state index in [0.29, 0.717) is 5.75 Å². The predicted molar refractivity (Wildman–Crippen MR) is 62.5 cm³/mol. The second-order valence-electron chi connectivity index (χ2n) is 4.07. The smallest absolute Gasteiger partial charge is 0.328 e. The standard InChI is InChI=1S/C13H17NO2/c1-2-10-5-3-6-11(9-10)16-13(15)12-7-4-8-14-12/h3,5-6,9,12,14H,2,4,7-8H2,1H3. The SMILES string of the molecule is CCc1cccc(OC(=O)C2CCCN2)c1. The Morgan fingerprint density at radius 1 is 1.56 bits per heavy atom. The summed E-state index contributed by atoms with van der Waals surface area (Å²) in [5.74, 6) is 0.490. The Hall–Kier alpha value is -1.35. The number of esters is 1. The van der Waals surface area contributed by atoms with Crippen LogP contribution in [-0.2, 0) is 11.2 Å². The number of ether oxygens (including phenoxy) is 1. The maximum Gasteiger partial charge on any atom is 0.328 e. The molecule has 1 aromatic carbocycles. The van der Waals surface area contributed by atoms with E-state index in [4.69, 9.17) is 4.74 Å². The van der Waals surface area contributed by atoms with Crippen LogP contribution in [0.2, 0.25) is 0 Å². The average molecular weight is 219 g/mol. The van der Waals surface area contributed by atoms with Crippen LogP contribution in [0, 0.1) is 0 Å². The molecule has 1 fully saturated rings. The molecule has 1 heterocycles. The minimum atomic E-state index is -0.161. The number of rotatable bonds is 3. The Kier molecular flexibility index (Phi) is 3.57. The summed E-state index contributed by atoms with van der Waals surface area (Å²) in [4.78, 5) is 11.7. The Morgan fingerprint density at radius 2 is 2.44 bits per heavy atom. The van der Waals surface area contributed by atoms with Crippen LogP contribution in [0.4, 0.5) is 0 Å². The van der Waals surface area contributed by atoms with E-state index in [-0.39, 0.29) is 12.0 Å². The topological polar surface area (TPSA) is 38.3 Å². The normalized spacial score (nSPS) is 19.7. The summed E-state index contributed by atoms with van der Waals surface area (Å²) in [5, 5.41) is 3.13. The van der Waals surface area contributed by atoms with Crippen molar-refractivity contribution >= 4 is 5.97 Å². The van der Waals surface area contributed by atoms with Gasteiger partial charge in [-0.15, -0.1) is 0 Å². The van der Waals surface area contributed by atoms with E-state index in [2.05, 4.69) is 12.2 Å². The average Bonchev–Trinajstić information content (AvgIpc) is 2.83. The van der Waals surface area contributed by atoms with Crippen molar-refractivity contribution in [1.29, 1.82) is 0 Å². The number of nitrogens with one attached hydrogen (secondary N) is 1. The first-order chi connectivity index (χ1) is 7.79. The molecule has 3 nitrogen and oxygen atoms in total.